The van der Waals surface area contributed by atoms with E-state index >= 15 is 0 Å². The van der Waals surface area contributed by atoms with Crippen LogP contribution < -0.4 is 20.1 Å². The van der Waals surface area contributed by atoms with Gasteiger partial charge in [0.1, 0.15) is 5.69 Å². The van der Waals surface area contributed by atoms with Crippen molar-refractivity contribution in [2.45, 2.75) is 57.8 Å². The summed E-state index contributed by atoms with van der Waals surface area (Å²) in [7, 11) is 1.47. The summed E-state index contributed by atoms with van der Waals surface area (Å²) in [6, 6.07) is -0.442. The maximum absolute atomic E-state index is 14.2. The van der Waals surface area contributed by atoms with Gasteiger partial charge in [0.05, 0.1) is 26.1 Å². The fourth-order valence-electron chi connectivity index (χ4n) is 3.45. The lowest BCUT2D eigenvalue weighted by Crippen LogP contribution is -2.44. The smallest absolute Gasteiger partial charge is 0.471 e. The quantitative estimate of drug-likeness (QED) is 0.562. The number of aromatic nitrogens is 4. The molecule has 0 atom stereocenters. The van der Waals surface area contributed by atoms with Crippen molar-refractivity contribution in [3.63, 3.8) is 0 Å². The fourth-order valence-corrected chi connectivity index (χ4v) is 3.45. The molecule has 0 unspecified atom stereocenters. The van der Waals surface area contributed by atoms with E-state index in [4.69, 9.17) is 9.47 Å². The third-order valence-corrected chi connectivity index (χ3v) is 5.27. The van der Waals surface area contributed by atoms with Gasteiger partial charge >= 0.3 is 12.1 Å². The van der Waals surface area contributed by atoms with Crippen LogP contribution in [-0.2, 0) is 4.79 Å². The Bertz CT molecular complexity index is 958. The number of rotatable bonds is 8. The largest absolute Gasteiger partial charge is 0.478 e. The summed E-state index contributed by atoms with van der Waals surface area (Å²) in [6.07, 6.45) is -0.366. The lowest BCUT2D eigenvalue weighted by Gasteiger charge is -2.29. The number of amides is 1. The van der Waals surface area contributed by atoms with Gasteiger partial charge < -0.3 is 20.1 Å². The van der Waals surface area contributed by atoms with E-state index in [0.29, 0.717) is 37.3 Å². The van der Waals surface area contributed by atoms with Crippen molar-refractivity contribution in [1.29, 1.82) is 0 Å². The number of nitrogens with zero attached hydrogens (tertiary/aromatic N) is 4. The summed E-state index contributed by atoms with van der Waals surface area (Å²) in [5, 5.41) is 9.21. The van der Waals surface area contributed by atoms with E-state index in [1.54, 1.807) is 10.9 Å². The molecule has 1 saturated carbocycles. The second-order valence-corrected chi connectivity index (χ2v) is 8.10. The first-order valence-corrected chi connectivity index (χ1v) is 10.5. The average Bonchev–Trinajstić information content (AvgIpc) is 3.17. The SMILES string of the molecule is COc1nn(C(C)C)cc1Nc1ncc(F)c(OC[C@H]2CC[C@H](NC(=O)C(F)(F)F)CC2)n1. The number of ether oxygens (including phenoxy) is 2. The number of nitrogens with one attached hydrogen (secondary N) is 2. The topological polar surface area (TPSA) is 103 Å². The number of anilines is 2. The van der Waals surface area contributed by atoms with Gasteiger partial charge in [-0.1, -0.05) is 0 Å². The van der Waals surface area contributed by atoms with Crippen molar-refractivity contribution in [2.75, 3.05) is 19.0 Å². The molecule has 33 heavy (non-hydrogen) atoms. The van der Waals surface area contributed by atoms with Crippen LogP contribution in [0.1, 0.15) is 45.6 Å². The van der Waals surface area contributed by atoms with Gasteiger partial charge in [0, 0.05) is 12.1 Å². The second kappa shape index (κ2) is 10.2. The molecule has 2 aromatic rings. The number of hydrogen-bond donors (Lipinski definition) is 2. The maximum atomic E-state index is 14.2. The highest BCUT2D eigenvalue weighted by Gasteiger charge is 2.40. The minimum atomic E-state index is -4.90. The molecule has 9 nitrogen and oxygen atoms in total. The summed E-state index contributed by atoms with van der Waals surface area (Å²) in [4.78, 5) is 19.0. The van der Waals surface area contributed by atoms with E-state index in [2.05, 4.69) is 20.4 Å². The first-order valence-electron chi connectivity index (χ1n) is 10.5. The Labute approximate surface area is 187 Å². The van der Waals surface area contributed by atoms with Gasteiger partial charge in [0.2, 0.25) is 11.8 Å². The Morgan fingerprint density at radius 1 is 1.24 bits per heavy atom. The van der Waals surface area contributed by atoms with Crippen LogP contribution in [-0.4, -0.2) is 51.6 Å². The van der Waals surface area contributed by atoms with Crippen LogP contribution in [0.15, 0.2) is 12.4 Å². The zero-order chi connectivity index (χ0) is 24.2. The average molecular weight is 474 g/mol. The Hall–Kier alpha value is -3.12. The van der Waals surface area contributed by atoms with E-state index in [9.17, 15) is 22.4 Å². The van der Waals surface area contributed by atoms with Crippen molar-refractivity contribution in [2.24, 2.45) is 5.92 Å². The minimum Gasteiger partial charge on any atom is -0.478 e. The summed E-state index contributed by atoms with van der Waals surface area (Å²) in [6.45, 7) is 4.05. The van der Waals surface area contributed by atoms with E-state index in [-0.39, 0.29) is 30.4 Å². The number of alkyl halides is 3. The predicted octanol–water partition coefficient (Wildman–Crippen LogP) is 3.76. The molecule has 1 aliphatic carbocycles. The van der Waals surface area contributed by atoms with Crippen LogP contribution in [0.5, 0.6) is 11.8 Å². The molecular formula is C20H26F4N6O3. The number of methoxy groups -OCH3 is 1. The third-order valence-electron chi connectivity index (χ3n) is 5.27. The van der Waals surface area contributed by atoms with Gasteiger partial charge in [0.15, 0.2) is 0 Å². The Kier molecular flexibility index (Phi) is 7.59. The van der Waals surface area contributed by atoms with Crippen LogP contribution in [0, 0.1) is 11.7 Å². The Morgan fingerprint density at radius 2 is 1.94 bits per heavy atom. The molecule has 1 aliphatic rings. The number of hydrogen-bond acceptors (Lipinski definition) is 7. The van der Waals surface area contributed by atoms with Crippen LogP contribution in [0.3, 0.4) is 0 Å². The van der Waals surface area contributed by atoms with Gasteiger partial charge in [-0.15, -0.1) is 5.10 Å². The van der Waals surface area contributed by atoms with Crippen molar-refractivity contribution in [1.82, 2.24) is 25.1 Å². The molecule has 13 heteroatoms. The fraction of sp³-hybridized carbons (Fsp3) is 0.600. The van der Waals surface area contributed by atoms with Gasteiger partial charge in [-0.3, -0.25) is 9.48 Å². The van der Waals surface area contributed by atoms with Crippen LogP contribution >= 0.6 is 0 Å². The van der Waals surface area contributed by atoms with E-state index in [0.717, 1.165) is 6.20 Å². The first kappa shape index (κ1) is 24.5. The minimum absolute atomic E-state index is 0.000758. The molecule has 3 rings (SSSR count). The highest BCUT2D eigenvalue weighted by Crippen LogP contribution is 2.29. The number of carbonyl (C=O) groups is 1. The predicted molar refractivity (Wildman–Crippen MR) is 110 cm³/mol. The van der Waals surface area contributed by atoms with Crippen molar-refractivity contribution in [3.05, 3.63) is 18.2 Å². The van der Waals surface area contributed by atoms with Gasteiger partial charge in [-0.25, -0.2) is 4.98 Å². The van der Waals surface area contributed by atoms with Gasteiger partial charge in [-0.05, 0) is 45.4 Å². The molecule has 0 radical (unpaired) electrons. The maximum Gasteiger partial charge on any atom is 0.471 e. The monoisotopic (exact) mass is 474 g/mol. The molecule has 0 spiro atoms. The summed E-state index contributed by atoms with van der Waals surface area (Å²) >= 11 is 0. The molecule has 2 heterocycles. The molecule has 0 saturated heterocycles. The van der Waals surface area contributed by atoms with Crippen molar-refractivity contribution < 1.29 is 31.8 Å². The molecular weight excluding hydrogens is 448 g/mol. The summed E-state index contributed by atoms with van der Waals surface area (Å²) in [5.41, 5.74) is 0.503. The number of halogens is 4. The molecule has 0 aliphatic heterocycles. The van der Waals surface area contributed by atoms with E-state index in [1.165, 1.54) is 7.11 Å². The second-order valence-electron chi connectivity index (χ2n) is 8.10. The standard InChI is InChI=1S/C20H26F4N6O3/c1-11(2)30-9-15(17(29-30)32-3)27-19-25-8-14(21)16(28-19)33-10-12-4-6-13(7-5-12)26-18(31)20(22,23)24/h8-9,11-13H,4-7,10H2,1-3H3,(H,26,31)(H,25,27,28)/t12-,13-. The molecule has 2 aromatic heterocycles. The molecule has 182 valence electrons. The van der Waals surface area contributed by atoms with Crippen LogP contribution in [0.4, 0.5) is 29.2 Å². The summed E-state index contributed by atoms with van der Waals surface area (Å²) in [5.74, 6) is -2.49. The molecule has 2 N–H and O–H groups in total. The highest BCUT2D eigenvalue weighted by molar-refractivity contribution is 5.81. The first-order chi connectivity index (χ1) is 15.6. The lowest BCUT2D eigenvalue weighted by molar-refractivity contribution is -0.174. The normalized spacial score (nSPS) is 18.8. The van der Waals surface area contributed by atoms with E-state index < -0.39 is 23.9 Å². The van der Waals surface area contributed by atoms with Gasteiger partial charge in [-0.2, -0.15) is 22.5 Å². The summed E-state index contributed by atoms with van der Waals surface area (Å²) < 4.78 is 63.8. The molecule has 1 fully saturated rings. The van der Waals surface area contributed by atoms with Crippen LogP contribution in [0.2, 0.25) is 0 Å². The Morgan fingerprint density at radius 3 is 2.55 bits per heavy atom. The lowest BCUT2D eigenvalue weighted by atomic mass is 9.86. The van der Waals surface area contributed by atoms with Crippen LogP contribution in [0.25, 0.3) is 0 Å². The molecule has 0 aromatic carbocycles. The number of carbonyl (C=O) groups excluding carboxylic acids is 1. The van der Waals surface area contributed by atoms with E-state index in [1.807, 2.05) is 19.2 Å². The van der Waals surface area contributed by atoms with Gasteiger partial charge in [0.25, 0.3) is 11.8 Å². The molecule has 1 amide bonds. The van der Waals surface area contributed by atoms with Crippen molar-refractivity contribution in [3.8, 4) is 11.8 Å². The zero-order valence-corrected chi connectivity index (χ0v) is 18.4. The zero-order valence-electron chi connectivity index (χ0n) is 18.4. The van der Waals surface area contributed by atoms with Crippen molar-refractivity contribution >= 4 is 17.5 Å². The molecule has 0 bridgehead atoms. The third kappa shape index (κ3) is 6.45. The highest BCUT2D eigenvalue weighted by atomic mass is 19.4. The Balaban J connectivity index is 1.56.